The van der Waals surface area contributed by atoms with E-state index in [1.54, 1.807) is 7.11 Å². The quantitative estimate of drug-likeness (QED) is 0.770. The number of ether oxygens (including phenoxy) is 1. The SMILES string of the molecule is CCc1ccc(N(C)C(CCCN)COC)cc1. The molecule has 0 spiro atoms. The number of methoxy groups -OCH3 is 1. The molecule has 0 aromatic heterocycles. The number of likely N-dealkylation sites (N-methyl/N-ethyl adjacent to an activating group) is 1. The van der Waals surface area contributed by atoms with E-state index in [-0.39, 0.29) is 0 Å². The van der Waals surface area contributed by atoms with Crippen LogP contribution in [0.1, 0.15) is 25.3 Å². The molecule has 18 heavy (non-hydrogen) atoms. The summed E-state index contributed by atoms with van der Waals surface area (Å²) in [5.41, 5.74) is 8.20. The van der Waals surface area contributed by atoms with Crippen molar-refractivity contribution in [3.63, 3.8) is 0 Å². The molecule has 102 valence electrons. The number of rotatable bonds is 8. The Labute approximate surface area is 111 Å². The number of aryl methyl sites for hydroxylation is 1. The van der Waals surface area contributed by atoms with Crippen molar-refractivity contribution in [1.82, 2.24) is 0 Å². The number of hydrogen-bond donors (Lipinski definition) is 1. The molecule has 3 nitrogen and oxygen atoms in total. The zero-order valence-electron chi connectivity index (χ0n) is 11.9. The summed E-state index contributed by atoms with van der Waals surface area (Å²) in [6.45, 7) is 3.66. The summed E-state index contributed by atoms with van der Waals surface area (Å²) in [7, 11) is 3.88. The molecule has 3 heteroatoms. The van der Waals surface area contributed by atoms with Crippen molar-refractivity contribution in [2.24, 2.45) is 5.73 Å². The highest BCUT2D eigenvalue weighted by Crippen LogP contribution is 2.18. The Morgan fingerprint density at radius 2 is 1.94 bits per heavy atom. The van der Waals surface area contributed by atoms with Crippen LogP contribution >= 0.6 is 0 Å². The Kier molecular flexibility index (Phi) is 6.76. The van der Waals surface area contributed by atoms with Crippen LogP contribution in [0.25, 0.3) is 0 Å². The van der Waals surface area contributed by atoms with Gasteiger partial charge in [0.05, 0.1) is 12.6 Å². The molecular formula is C15H26N2O. The predicted octanol–water partition coefficient (Wildman–Crippen LogP) is 2.44. The van der Waals surface area contributed by atoms with Gasteiger partial charge in [-0.25, -0.2) is 0 Å². The van der Waals surface area contributed by atoms with Gasteiger partial charge in [-0.3, -0.25) is 0 Å². The number of anilines is 1. The van der Waals surface area contributed by atoms with Gasteiger partial charge in [-0.2, -0.15) is 0 Å². The van der Waals surface area contributed by atoms with E-state index < -0.39 is 0 Å². The smallest absolute Gasteiger partial charge is 0.0666 e. The van der Waals surface area contributed by atoms with Crippen LogP contribution in [0, 0.1) is 0 Å². The average Bonchev–Trinajstić information content (AvgIpc) is 2.43. The normalized spacial score (nSPS) is 12.4. The molecule has 1 aromatic carbocycles. The van der Waals surface area contributed by atoms with Gasteiger partial charge in [0.2, 0.25) is 0 Å². The maximum Gasteiger partial charge on any atom is 0.0666 e. The lowest BCUT2D eigenvalue weighted by atomic mass is 10.1. The van der Waals surface area contributed by atoms with Crippen LogP contribution in [0.2, 0.25) is 0 Å². The first-order valence-electron chi connectivity index (χ1n) is 6.73. The molecule has 0 heterocycles. The lowest BCUT2D eigenvalue weighted by Crippen LogP contribution is -2.35. The average molecular weight is 250 g/mol. The maximum absolute atomic E-state index is 5.59. The first-order valence-corrected chi connectivity index (χ1v) is 6.73. The Morgan fingerprint density at radius 1 is 1.28 bits per heavy atom. The van der Waals surface area contributed by atoms with E-state index in [9.17, 15) is 0 Å². The second-order valence-electron chi connectivity index (χ2n) is 4.67. The molecule has 0 saturated heterocycles. The van der Waals surface area contributed by atoms with Crippen molar-refractivity contribution >= 4 is 5.69 Å². The van der Waals surface area contributed by atoms with Gasteiger partial charge in [0.25, 0.3) is 0 Å². The molecule has 0 bridgehead atoms. The summed E-state index contributed by atoms with van der Waals surface area (Å²) in [5.74, 6) is 0. The lowest BCUT2D eigenvalue weighted by Gasteiger charge is -2.29. The highest BCUT2D eigenvalue weighted by Gasteiger charge is 2.14. The molecule has 0 fully saturated rings. The van der Waals surface area contributed by atoms with E-state index in [0.717, 1.165) is 32.4 Å². The summed E-state index contributed by atoms with van der Waals surface area (Å²) in [6.07, 6.45) is 3.18. The van der Waals surface area contributed by atoms with Gasteiger partial charge in [-0.05, 0) is 43.5 Å². The zero-order valence-corrected chi connectivity index (χ0v) is 11.9. The Bertz CT molecular complexity index is 324. The molecule has 0 aliphatic carbocycles. The molecule has 0 saturated carbocycles. The predicted molar refractivity (Wildman–Crippen MR) is 78.2 cm³/mol. The lowest BCUT2D eigenvalue weighted by molar-refractivity contribution is 0.174. The van der Waals surface area contributed by atoms with E-state index >= 15 is 0 Å². The summed E-state index contributed by atoms with van der Waals surface area (Å²) in [6, 6.07) is 9.15. The summed E-state index contributed by atoms with van der Waals surface area (Å²) in [4.78, 5) is 2.29. The molecule has 2 N–H and O–H groups in total. The third kappa shape index (κ3) is 4.31. The van der Waals surface area contributed by atoms with Gasteiger partial charge in [0.1, 0.15) is 0 Å². The van der Waals surface area contributed by atoms with E-state index in [4.69, 9.17) is 10.5 Å². The van der Waals surface area contributed by atoms with Crippen LogP contribution in [0.4, 0.5) is 5.69 Å². The minimum absolute atomic E-state index is 0.394. The van der Waals surface area contributed by atoms with Crippen LogP contribution in [0.5, 0.6) is 0 Å². The van der Waals surface area contributed by atoms with Crippen LogP contribution < -0.4 is 10.6 Å². The second-order valence-corrected chi connectivity index (χ2v) is 4.67. The molecular weight excluding hydrogens is 224 g/mol. The van der Waals surface area contributed by atoms with Crippen molar-refractivity contribution in [1.29, 1.82) is 0 Å². The summed E-state index contributed by atoms with van der Waals surface area (Å²) in [5, 5.41) is 0. The maximum atomic E-state index is 5.59. The Balaban J connectivity index is 2.70. The molecule has 1 aromatic rings. The van der Waals surface area contributed by atoms with Crippen LogP contribution in [0.3, 0.4) is 0 Å². The molecule has 1 unspecified atom stereocenters. The third-order valence-corrected chi connectivity index (χ3v) is 3.40. The summed E-state index contributed by atoms with van der Waals surface area (Å²) < 4.78 is 5.31. The topological polar surface area (TPSA) is 38.5 Å². The van der Waals surface area contributed by atoms with Crippen molar-refractivity contribution < 1.29 is 4.74 Å². The second kappa shape index (κ2) is 8.11. The van der Waals surface area contributed by atoms with Crippen LogP contribution in [-0.4, -0.2) is 33.4 Å². The molecule has 0 aliphatic heterocycles. The monoisotopic (exact) mass is 250 g/mol. The van der Waals surface area contributed by atoms with E-state index in [0.29, 0.717) is 6.04 Å². The van der Waals surface area contributed by atoms with E-state index in [1.807, 2.05) is 0 Å². The number of nitrogens with two attached hydrogens (primary N) is 1. The minimum Gasteiger partial charge on any atom is -0.383 e. The molecule has 0 amide bonds. The fraction of sp³-hybridized carbons (Fsp3) is 0.600. The van der Waals surface area contributed by atoms with E-state index in [2.05, 4.69) is 43.1 Å². The fourth-order valence-corrected chi connectivity index (χ4v) is 2.11. The van der Waals surface area contributed by atoms with Crippen molar-refractivity contribution in [2.45, 2.75) is 32.2 Å². The van der Waals surface area contributed by atoms with Gasteiger partial charge in [0, 0.05) is 19.8 Å². The van der Waals surface area contributed by atoms with Gasteiger partial charge < -0.3 is 15.4 Å². The first-order chi connectivity index (χ1) is 8.72. The molecule has 1 rings (SSSR count). The zero-order chi connectivity index (χ0) is 13.4. The van der Waals surface area contributed by atoms with Gasteiger partial charge in [-0.15, -0.1) is 0 Å². The Hall–Kier alpha value is -1.06. The van der Waals surface area contributed by atoms with Crippen molar-refractivity contribution in [2.75, 3.05) is 32.2 Å². The third-order valence-electron chi connectivity index (χ3n) is 3.40. The van der Waals surface area contributed by atoms with Gasteiger partial charge >= 0.3 is 0 Å². The standard InChI is InChI=1S/C15H26N2O/c1-4-13-7-9-14(10-8-13)17(2)15(12-18-3)6-5-11-16/h7-10,15H,4-6,11-12,16H2,1-3H3. The van der Waals surface area contributed by atoms with Crippen LogP contribution in [0.15, 0.2) is 24.3 Å². The molecule has 0 radical (unpaired) electrons. The highest BCUT2D eigenvalue weighted by molar-refractivity contribution is 5.47. The first kappa shape index (κ1) is 15.0. The Morgan fingerprint density at radius 3 is 2.44 bits per heavy atom. The van der Waals surface area contributed by atoms with Gasteiger partial charge in [-0.1, -0.05) is 19.1 Å². The van der Waals surface area contributed by atoms with Gasteiger partial charge in [0.15, 0.2) is 0 Å². The number of nitrogens with zero attached hydrogens (tertiary/aromatic N) is 1. The minimum atomic E-state index is 0.394. The highest BCUT2D eigenvalue weighted by atomic mass is 16.5. The van der Waals surface area contributed by atoms with Crippen molar-refractivity contribution in [3.05, 3.63) is 29.8 Å². The molecule has 0 aliphatic rings. The molecule has 1 atom stereocenters. The van der Waals surface area contributed by atoms with E-state index in [1.165, 1.54) is 11.3 Å². The largest absolute Gasteiger partial charge is 0.383 e. The number of hydrogen-bond acceptors (Lipinski definition) is 3. The van der Waals surface area contributed by atoms with Crippen LogP contribution in [-0.2, 0) is 11.2 Å². The summed E-state index contributed by atoms with van der Waals surface area (Å²) >= 11 is 0. The fourth-order valence-electron chi connectivity index (χ4n) is 2.11. The van der Waals surface area contributed by atoms with Crippen molar-refractivity contribution in [3.8, 4) is 0 Å². The number of benzene rings is 1.